The van der Waals surface area contributed by atoms with Gasteiger partial charge in [0, 0.05) is 10.0 Å². The summed E-state index contributed by atoms with van der Waals surface area (Å²) in [6, 6.07) is 5.68. The maximum atomic E-state index is 6.18. The first kappa shape index (κ1) is 13.8. The molecule has 0 unspecified atom stereocenters. The molecule has 0 fully saturated rings. The number of hydrogen-bond donors (Lipinski definition) is 1. The van der Waals surface area contributed by atoms with Crippen LogP contribution in [0.1, 0.15) is 32.3 Å². The minimum Gasteiger partial charge on any atom is -0.330 e. The first-order valence-electron chi connectivity index (χ1n) is 5.71. The van der Waals surface area contributed by atoms with Crippen LogP contribution in [0.25, 0.3) is 0 Å². The molecule has 90 valence electrons. The molecule has 0 spiro atoms. The van der Waals surface area contributed by atoms with Crippen molar-refractivity contribution in [3.8, 4) is 0 Å². The van der Waals surface area contributed by atoms with E-state index in [0.717, 1.165) is 29.8 Å². The Labute approximate surface area is 108 Å². The molecule has 0 bridgehead atoms. The van der Waals surface area contributed by atoms with Gasteiger partial charge < -0.3 is 5.73 Å². The van der Waals surface area contributed by atoms with Crippen LogP contribution in [-0.2, 0) is 6.42 Å². The molecule has 0 radical (unpaired) electrons. The fourth-order valence-electron chi connectivity index (χ4n) is 1.93. The molecule has 0 heterocycles. The lowest BCUT2D eigenvalue weighted by Gasteiger charge is -2.30. The van der Waals surface area contributed by atoms with Crippen LogP contribution in [0, 0.1) is 5.41 Å². The fraction of sp³-hybridized carbons (Fsp3) is 0.538. The molecule has 0 atom stereocenters. The highest BCUT2D eigenvalue weighted by Gasteiger charge is 2.25. The number of nitrogens with two attached hydrogens (primary N) is 1. The maximum absolute atomic E-state index is 6.18. The predicted octanol–water partition coefficient (Wildman–Crippen LogP) is 4.30. The minimum atomic E-state index is 0.164. The van der Waals surface area contributed by atoms with E-state index >= 15 is 0 Å². The largest absolute Gasteiger partial charge is 0.330 e. The first-order valence-corrected chi connectivity index (χ1v) is 6.46. The van der Waals surface area contributed by atoms with Gasteiger partial charge in [0.1, 0.15) is 0 Å². The molecule has 0 aliphatic rings. The quantitative estimate of drug-likeness (QED) is 0.839. The molecule has 1 nitrogen and oxygen atoms in total. The lowest BCUT2D eigenvalue weighted by Crippen LogP contribution is -2.31. The van der Waals surface area contributed by atoms with Gasteiger partial charge in [-0.3, -0.25) is 0 Å². The Morgan fingerprint density at radius 2 is 1.81 bits per heavy atom. The molecule has 0 aliphatic heterocycles. The van der Waals surface area contributed by atoms with Crippen LogP contribution >= 0.6 is 23.2 Å². The van der Waals surface area contributed by atoms with Crippen molar-refractivity contribution in [2.45, 2.75) is 33.1 Å². The van der Waals surface area contributed by atoms with Crippen molar-refractivity contribution in [1.82, 2.24) is 0 Å². The lowest BCUT2D eigenvalue weighted by atomic mass is 9.77. The van der Waals surface area contributed by atoms with Gasteiger partial charge in [-0.25, -0.2) is 0 Å². The third kappa shape index (κ3) is 3.13. The second-order valence-corrected chi connectivity index (χ2v) is 5.17. The monoisotopic (exact) mass is 259 g/mol. The predicted molar refractivity (Wildman–Crippen MR) is 72.2 cm³/mol. The van der Waals surface area contributed by atoms with Crippen LogP contribution in [0.5, 0.6) is 0 Å². The molecular weight excluding hydrogens is 241 g/mol. The molecule has 0 aliphatic carbocycles. The standard InChI is InChI=1S/C13H19Cl2N/c1-3-13(4-2,9-16)8-10-5-6-11(14)7-12(10)15/h5-7H,3-4,8-9,16H2,1-2H3. The van der Waals surface area contributed by atoms with Crippen molar-refractivity contribution >= 4 is 23.2 Å². The van der Waals surface area contributed by atoms with Gasteiger partial charge in [-0.05, 0) is 48.9 Å². The molecule has 0 amide bonds. The number of halogens is 2. The summed E-state index contributed by atoms with van der Waals surface area (Å²) in [6.07, 6.45) is 3.06. The summed E-state index contributed by atoms with van der Waals surface area (Å²) in [4.78, 5) is 0. The first-order chi connectivity index (χ1) is 7.56. The van der Waals surface area contributed by atoms with Crippen LogP contribution in [0.4, 0.5) is 0 Å². The van der Waals surface area contributed by atoms with E-state index in [1.165, 1.54) is 0 Å². The molecule has 0 saturated carbocycles. The Bertz CT molecular complexity index is 338. The highest BCUT2D eigenvalue weighted by molar-refractivity contribution is 6.35. The molecule has 3 heteroatoms. The molecule has 0 aromatic heterocycles. The Morgan fingerprint density at radius 1 is 1.19 bits per heavy atom. The van der Waals surface area contributed by atoms with E-state index in [1.54, 1.807) is 6.07 Å². The lowest BCUT2D eigenvalue weighted by molar-refractivity contribution is 0.271. The van der Waals surface area contributed by atoms with E-state index in [0.29, 0.717) is 11.6 Å². The van der Waals surface area contributed by atoms with Crippen molar-refractivity contribution in [3.63, 3.8) is 0 Å². The van der Waals surface area contributed by atoms with Crippen molar-refractivity contribution in [3.05, 3.63) is 33.8 Å². The molecule has 1 rings (SSSR count). The Balaban J connectivity index is 2.93. The van der Waals surface area contributed by atoms with Crippen molar-refractivity contribution in [2.24, 2.45) is 11.1 Å². The Hall–Kier alpha value is -0.240. The zero-order valence-electron chi connectivity index (χ0n) is 9.89. The topological polar surface area (TPSA) is 26.0 Å². The average molecular weight is 260 g/mol. The van der Waals surface area contributed by atoms with Crippen LogP contribution in [-0.4, -0.2) is 6.54 Å². The third-order valence-electron chi connectivity index (χ3n) is 3.51. The molecular formula is C13H19Cl2N. The highest BCUT2D eigenvalue weighted by atomic mass is 35.5. The maximum Gasteiger partial charge on any atom is 0.0453 e. The van der Waals surface area contributed by atoms with Crippen molar-refractivity contribution < 1.29 is 0 Å². The highest BCUT2D eigenvalue weighted by Crippen LogP contribution is 2.33. The molecule has 1 aromatic rings. The average Bonchev–Trinajstić information content (AvgIpc) is 2.29. The summed E-state index contributed by atoms with van der Waals surface area (Å²) >= 11 is 12.1. The van der Waals surface area contributed by atoms with Gasteiger partial charge in [0.05, 0.1) is 0 Å². The van der Waals surface area contributed by atoms with E-state index in [-0.39, 0.29) is 5.41 Å². The van der Waals surface area contributed by atoms with E-state index in [2.05, 4.69) is 13.8 Å². The molecule has 16 heavy (non-hydrogen) atoms. The van der Waals surface area contributed by atoms with Crippen molar-refractivity contribution in [2.75, 3.05) is 6.54 Å². The summed E-state index contributed by atoms with van der Waals surface area (Å²) < 4.78 is 0. The number of rotatable bonds is 5. The van der Waals surface area contributed by atoms with E-state index in [4.69, 9.17) is 28.9 Å². The summed E-state index contributed by atoms with van der Waals surface area (Å²) in [6.45, 7) is 5.05. The zero-order chi connectivity index (χ0) is 12.2. The van der Waals surface area contributed by atoms with Crippen LogP contribution in [0.15, 0.2) is 18.2 Å². The van der Waals surface area contributed by atoms with Crippen molar-refractivity contribution in [1.29, 1.82) is 0 Å². The van der Waals surface area contributed by atoms with Crippen LogP contribution < -0.4 is 5.73 Å². The van der Waals surface area contributed by atoms with Gasteiger partial charge in [-0.15, -0.1) is 0 Å². The van der Waals surface area contributed by atoms with Gasteiger partial charge in [0.2, 0.25) is 0 Å². The summed E-state index contributed by atoms with van der Waals surface area (Å²) in [5, 5.41) is 1.42. The second-order valence-electron chi connectivity index (χ2n) is 4.32. The Kier molecular flexibility index (Phi) is 5.10. The molecule has 0 saturated heterocycles. The smallest absolute Gasteiger partial charge is 0.0453 e. The van der Waals surface area contributed by atoms with Gasteiger partial charge in [0.25, 0.3) is 0 Å². The van der Waals surface area contributed by atoms with Crippen LogP contribution in [0.3, 0.4) is 0 Å². The SMILES string of the molecule is CCC(CC)(CN)Cc1ccc(Cl)cc1Cl. The third-order valence-corrected chi connectivity index (χ3v) is 4.10. The zero-order valence-corrected chi connectivity index (χ0v) is 11.4. The van der Waals surface area contributed by atoms with E-state index in [1.807, 2.05) is 12.1 Å². The summed E-state index contributed by atoms with van der Waals surface area (Å²) in [5.41, 5.74) is 7.19. The minimum absolute atomic E-state index is 0.164. The summed E-state index contributed by atoms with van der Waals surface area (Å²) in [5.74, 6) is 0. The molecule has 1 aromatic carbocycles. The van der Waals surface area contributed by atoms with Gasteiger partial charge in [0.15, 0.2) is 0 Å². The van der Waals surface area contributed by atoms with Crippen LogP contribution in [0.2, 0.25) is 10.0 Å². The molecule has 2 N–H and O–H groups in total. The normalized spacial score (nSPS) is 11.8. The Morgan fingerprint density at radius 3 is 2.25 bits per heavy atom. The number of benzene rings is 1. The summed E-state index contributed by atoms with van der Waals surface area (Å²) in [7, 11) is 0. The van der Waals surface area contributed by atoms with E-state index < -0.39 is 0 Å². The number of hydrogen-bond acceptors (Lipinski definition) is 1. The van der Waals surface area contributed by atoms with E-state index in [9.17, 15) is 0 Å². The fourth-order valence-corrected chi connectivity index (χ4v) is 2.41. The van der Waals surface area contributed by atoms with Gasteiger partial charge in [-0.2, -0.15) is 0 Å². The van der Waals surface area contributed by atoms with Gasteiger partial charge in [-0.1, -0.05) is 43.1 Å². The second kappa shape index (κ2) is 5.90. The van der Waals surface area contributed by atoms with Gasteiger partial charge >= 0.3 is 0 Å².